The fourth-order valence-electron chi connectivity index (χ4n) is 7.22. The van der Waals surface area contributed by atoms with Crippen molar-refractivity contribution in [3.05, 3.63) is 200 Å². The Morgan fingerprint density at radius 1 is 0.265 bits per heavy atom. The van der Waals surface area contributed by atoms with Crippen LogP contribution in [-0.2, 0) is 0 Å². The summed E-state index contributed by atoms with van der Waals surface area (Å²) in [5, 5.41) is 7.66. The Bertz CT molecular complexity index is 2590. The second-order valence-corrected chi connectivity index (χ2v) is 12.6. The Balaban J connectivity index is 1.21. The van der Waals surface area contributed by atoms with Crippen LogP contribution in [0.25, 0.3) is 65.7 Å². The number of hydrogen-bond donors (Lipinski definition) is 0. The molecule has 0 saturated heterocycles. The maximum atomic E-state index is 2.39. The quantitative estimate of drug-likeness (QED) is 0.167. The molecule has 0 heterocycles. The lowest BCUT2D eigenvalue weighted by Gasteiger charge is -2.29. The van der Waals surface area contributed by atoms with Gasteiger partial charge < -0.3 is 4.90 Å². The Labute approximate surface area is 287 Å². The van der Waals surface area contributed by atoms with E-state index >= 15 is 0 Å². The Morgan fingerprint density at radius 3 is 1.57 bits per heavy atom. The summed E-state index contributed by atoms with van der Waals surface area (Å²) < 4.78 is 0. The Hall–Kier alpha value is -6.44. The molecule has 0 aliphatic heterocycles. The molecular weight excluding hydrogens is 591 g/mol. The van der Waals surface area contributed by atoms with Crippen molar-refractivity contribution in [1.82, 2.24) is 0 Å². The summed E-state index contributed by atoms with van der Waals surface area (Å²) in [7, 11) is 0. The third-order valence-electron chi connectivity index (χ3n) is 9.63. The normalized spacial score (nSPS) is 11.3. The number of benzene rings is 9. The zero-order chi connectivity index (χ0) is 32.6. The smallest absolute Gasteiger partial charge is 0.0540 e. The van der Waals surface area contributed by atoms with Gasteiger partial charge in [0.2, 0.25) is 0 Å². The number of anilines is 3. The number of rotatable bonds is 6. The second-order valence-electron chi connectivity index (χ2n) is 12.6. The first-order chi connectivity index (χ1) is 24.3. The van der Waals surface area contributed by atoms with Gasteiger partial charge in [0, 0.05) is 16.9 Å². The molecule has 0 radical (unpaired) electrons. The molecule has 0 amide bonds. The number of nitrogens with zero attached hydrogens (tertiary/aromatic N) is 1. The molecule has 0 aliphatic rings. The van der Waals surface area contributed by atoms with E-state index in [0.29, 0.717) is 0 Å². The maximum Gasteiger partial charge on any atom is 0.0540 e. The van der Waals surface area contributed by atoms with Gasteiger partial charge in [0.1, 0.15) is 0 Å². The highest BCUT2D eigenvalue weighted by molar-refractivity contribution is 6.17. The van der Waals surface area contributed by atoms with Crippen molar-refractivity contribution >= 4 is 49.4 Å². The van der Waals surface area contributed by atoms with E-state index in [-0.39, 0.29) is 0 Å². The molecule has 0 aromatic heterocycles. The van der Waals surface area contributed by atoms with E-state index in [9.17, 15) is 0 Å². The minimum absolute atomic E-state index is 1.11. The molecule has 0 saturated carbocycles. The summed E-state index contributed by atoms with van der Waals surface area (Å²) in [5.74, 6) is 0. The molecule has 0 fully saturated rings. The summed E-state index contributed by atoms with van der Waals surface area (Å²) in [4.78, 5) is 2.39. The molecule has 9 aromatic carbocycles. The van der Waals surface area contributed by atoms with Crippen molar-refractivity contribution in [3.8, 4) is 33.4 Å². The first kappa shape index (κ1) is 28.8. The first-order valence-corrected chi connectivity index (χ1v) is 16.8. The van der Waals surface area contributed by atoms with Crippen LogP contribution in [0, 0.1) is 0 Å². The van der Waals surface area contributed by atoms with Gasteiger partial charge in [-0.1, -0.05) is 158 Å². The summed E-state index contributed by atoms with van der Waals surface area (Å²) in [6, 6.07) is 72.5. The van der Waals surface area contributed by atoms with Crippen LogP contribution in [-0.4, -0.2) is 0 Å². The lowest BCUT2D eigenvalue weighted by Crippen LogP contribution is -2.11. The van der Waals surface area contributed by atoms with Gasteiger partial charge >= 0.3 is 0 Å². The predicted molar refractivity (Wildman–Crippen MR) is 210 cm³/mol. The lowest BCUT2D eigenvalue weighted by atomic mass is 9.94. The molecular formula is C48H33N. The molecule has 49 heavy (non-hydrogen) atoms. The second kappa shape index (κ2) is 12.3. The van der Waals surface area contributed by atoms with Crippen molar-refractivity contribution in [2.24, 2.45) is 0 Å². The Morgan fingerprint density at radius 2 is 0.796 bits per heavy atom. The highest BCUT2D eigenvalue weighted by Gasteiger charge is 2.19. The molecule has 1 heteroatoms. The molecule has 0 atom stereocenters. The molecule has 9 aromatic rings. The standard InChI is InChI=1S/C48H33N/c1-4-13-34(14-5-1)39-27-30-48(47(33-39)35-15-6-2-7-16-35)49(41-19-8-3-9-20-41)42-21-12-18-38(31-42)40-24-23-37-26-28-44-43-22-11-10-17-36(43)25-29-45(44)46(37)32-40/h1-33H. The molecule has 0 N–H and O–H groups in total. The fourth-order valence-corrected chi connectivity index (χ4v) is 7.22. The first-order valence-electron chi connectivity index (χ1n) is 16.8. The molecule has 0 bridgehead atoms. The van der Waals surface area contributed by atoms with E-state index in [0.717, 1.165) is 17.1 Å². The summed E-state index contributed by atoms with van der Waals surface area (Å²) in [6.45, 7) is 0. The van der Waals surface area contributed by atoms with Crippen LogP contribution < -0.4 is 4.90 Å². The van der Waals surface area contributed by atoms with Gasteiger partial charge in [0.15, 0.2) is 0 Å². The van der Waals surface area contributed by atoms with Gasteiger partial charge in [-0.3, -0.25) is 0 Å². The monoisotopic (exact) mass is 623 g/mol. The van der Waals surface area contributed by atoms with Gasteiger partial charge in [-0.15, -0.1) is 0 Å². The summed E-state index contributed by atoms with van der Waals surface area (Å²) >= 11 is 0. The van der Waals surface area contributed by atoms with Crippen molar-refractivity contribution < 1.29 is 0 Å². The average molecular weight is 624 g/mol. The van der Waals surface area contributed by atoms with Crippen molar-refractivity contribution in [1.29, 1.82) is 0 Å². The van der Waals surface area contributed by atoms with E-state index < -0.39 is 0 Å². The van der Waals surface area contributed by atoms with E-state index in [1.165, 1.54) is 65.7 Å². The number of hydrogen-bond acceptors (Lipinski definition) is 1. The summed E-state index contributed by atoms with van der Waals surface area (Å²) in [6.07, 6.45) is 0. The minimum atomic E-state index is 1.11. The SMILES string of the molecule is c1ccc(-c2ccc(N(c3ccccc3)c3cccc(-c4ccc5ccc6c7ccccc7ccc6c5c4)c3)c(-c3ccccc3)c2)cc1. The fraction of sp³-hybridized carbons (Fsp3) is 0. The van der Waals surface area contributed by atoms with Gasteiger partial charge in [-0.05, 0) is 103 Å². The zero-order valence-electron chi connectivity index (χ0n) is 27.0. The molecule has 9 rings (SSSR count). The van der Waals surface area contributed by atoms with Gasteiger partial charge in [0.05, 0.1) is 5.69 Å². The van der Waals surface area contributed by atoms with Crippen molar-refractivity contribution in [2.75, 3.05) is 4.90 Å². The molecule has 230 valence electrons. The maximum absolute atomic E-state index is 2.39. The van der Waals surface area contributed by atoms with Crippen LogP contribution in [0.3, 0.4) is 0 Å². The van der Waals surface area contributed by atoms with Crippen molar-refractivity contribution in [2.45, 2.75) is 0 Å². The van der Waals surface area contributed by atoms with Gasteiger partial charge in [-0.25, -0.2) is 0 Å². The predicted octanol–water partition coefficient (Wildman–Crippen LogP) is 13.6. The highest BCUT2D eigenvalue weighted by atomic mass is 15.1. The van der Waals surface area contributed by atoms with Crippen molar-refractivity contribution in [3.63, 3.8) is 0 Å². The number of fused-ring (bicyclic) bond motifs is 5. The van der Waals surface area contributed by atoms with E-state index in [1.807, 2.05) is 0 Å². The topological polar surface area (TPSA) is 3.24 Å². The molecule has 0 aliphatic carbocycles. The van der Waals surface area contributed by atoms with E-state index in [2.05, 4.69) is 205 Å². The third-order valence-corrected chi connectivity index (χ3v) is 9.63. The van der Waals surface area contributed by atoms with Crippen LogP contribution in [0.5, 0.6) is 0 Å². The van der Waals surface area contributed by atoms with Gasteiger partial charge in [-0.2, -0.15) is 0 Å². The van der Waals surface area contributed by atoms with E-state index in [1.54, 1.807) is 0 Å². The van der Waals surface area contributed by atoms with Crippen LogP contribution >= 0.6 is 0 Å². The Kier molecular flexibility index (Phi) is 7.22. The summed E-state index contributed by atoms with van der Waals surface area (Å²) in [5.41, 5.74) is 10.5. The highest BCUT2D eigenvalue weighted by Crippen LogP contribution is 2.43. The third kappa shape index (κ3) is 5.32. The minimum Gasteiger partial charge on any atom is -0.310 e. The van der Waals surface area contributed by atoms with Crippen LogP contribution in [0.4, 0.5) is 17.1 Å². The van der Waals surface area contributed by atoms with Crippen LogP contribution in [0.15, 0.2) is 200 Å². The number of para-hydroxylation sites is 1. The zero-order valence-corrected chi connectivity index (χ0v) is 27.0. The van der Waals surface area contributed by atoms with Crippen LogP contribution in [0.1, 0.15) is 0 Å². The molecule has 1 nitrogen and oxygen atoms in total. The van der Waals surface area contributed by atoms with Gasteiger partial charge in [0.25, 0.3) is 0 Å². The molecule has 0 spiro atoms. The van der Waals surface area contributed by atoms with E-state index in [4.69, 9.17) is 0 Å². The average Bonchev–Trinajstić information content (AvgIpc) is 3.19. The lowest BCUT2D eigenvalue weighted by molar-refractivity contribution is 1.28. The van der Waals surface area contributed by atoms with Crippen LogP contribution in [0.2, 0.25) is 0 Å². The molecule has 0 unspecified atom stereocenters. The largest absolute Gasteiger partial charge is 0.310 e.